The van der Waals surface area contributed by atoms with Gasteiger partial charge in [0.1, 0.15) is 0 Å². The second kappa shape index (κ2) is 6.79. The number of likely N-dealkylation sites (N-methyl/N-ethyl adjacent to an activating group) is 1. The molecule has 0 spiro atoms. The van der Waals surface area contributed by atoms with Crippen LogP contribution in [0.3, 0.4) is 0 Å². The van der Waals surface area contributed by atoms with Gasteiger partial charge in [0.2, 0.25) is 5.91 Å². The number of amides is 1. The maximum Gasteiger partial charge on any atom is 0.305 e. The number of anilines is 2. The Balaban J connectivity index is 2.10. The first kappa shape index (κ1) is 16.3. The Kier molecular flexibility index (Phi) is 5.03. The van der Waals surface area contributed by atoms with Gasteiger partial charge in [0.25, 0.3) is 0 Å². The third-order valence-electron chi connectivity index (χ3n) is 3.87. The van der Waals surface area contributed by atoms with Crippen molar-refractivity contribution in [2.75, 3.05) is 50.6 Å². The minimum absolute atomic E-state index is 0.0987. The molecule has 0 atom stereocenters. The van der Waals surface area contributed by atoms with Crippen LogP contribution >= 0.6 is 0 Å². The highest BCUT2D eigenvalue weighted by Crippen LogP contribution is 2.32. The van der Waals surface area contributed by atoms with Gasteiger partial charge in [0.05, 0.1) is 12.8 Å². The van der Waals surface area contributed by atoms with Gasteiger partial charge in [0.15, 0.2) is 0 Å². The van der Waals surface area contributed by atoms with E-state index in [9.17, 15) is 9.59 Å². The lowest BCUT2D eigenvalue weighted by molar-refractivity contribution is -0.136. The summed E-state index contributed by atoms with van der Waals surface area (Å²) in [6, 6.07) is 5.90. The number of fused-ring (bicyclic) bond motifs is 1. The molecule has 0 fully saturated rings. The number of aliphatic carboxylic acids is 1. The molecule has 1 N–H and O–H groups in total. The molecule has 0 aromatic heterocycles. The number of benzene rings is 1. The molecular weight excluding hydrogens is 282 g/mol. The summed E-state index contributed by atoms with van der Waals surface area (Å²) in [6.45, 7) is 1.96. The summed E-state index contributed by atoms with van der Waals surface area (Å²) in [7, 11) is 5.84. The number of carbonyl (C=O) groups excluding carboxylic acids is 1. The van der Waals surface area contributed by atoms with Gasteiger partial charge in [-0.05, 0) is 37.9 Å². The van der Waals surface area contributed by atoms with Gasteiger partial charge in [-0.1, -0.05) is 0 Å². The van der Waals surface area contributed by atoms with Crippen molar-refractivity contribution in [1.82, 2.24) is 4.90 Å². The van der Waals surface area contributed by atoms with E-state index in [-0.39, 0.29) is 12.3 Å². The molecule has 6 heteroatoms. The van der Waals surface area contributed by atoms with E-state index in [4.69, 9.17) is 5.11 Å². The van der Waals surface area contributed by atoms with Crippen molar-refractivity contribution in [3.8, 4) is 0 Å². The molecule has 0 saturated carbocycles. The molecule has 1 amide bonds. The highest BCUT2D eigenvalue weighted by molar-refractivity contribution is 6.01. The molecule has 22 heavy (non-hydrogen) atoms. The molecule has 120 valence electrons. The van der Waals surface area contributed by atoms with E-state index in [0.29, 0.717) is 19.5 Å². The quantitative estimate of drug-likeness (QED) is 0.816. The summed E-state index contributed by atoms with van der Waals surface area (Å²) in [5.41, 5.74) is 2.94. The first-order valence-corrected chi connectivity index (χ1v) is 7.39. The summed E-state index contributed by atoms with van der Waals surface area (Å²) < 4.78 is 0. The molecule has 0 unspecified atom stereocenters. The second-order valence-corrected chi connectivity index (χ2v) is 5.90. The zero-order chi connectivity index (χ0) is 16.3. The smallest absolute Gasteiger partial charge is 0.305 e. The second-order valence-electron chi connectivity index (χ2n) is 5.90. The normalized spacial score (nSPS) is 13.6. The molecule has 0 saturated heterocycles. The lowest BCUT2D eigenvalue weighted by atomic mass is 10.1. The van der Waals surface area contributed by atoms with Crippen LogP contribution in [0.1, 0.15) is 12.0 Å². The maximum absolute atomic E-state index is 12.2. The SMILES string of the molecule is CN(C)CCN1C(=O)Cc2cc(N(C)CCC(=O)O)ccc21. The van der Waals surface area contributed by atoms with Crippen LogP contribution < -0.4 is 9.80 Å². The molecular formula is C16H23N3O3. The van der Waals surface area contributed by atoms with Crippen molar-refractivity contribution in [1.29, 1.82) is 0 Å². The molecule has 0 bridgehead atoms. The highest BCUT2D eigenvalue weighted by Gasteiger charge is 2.27. The van der Waals surface area contributed by atoms with Crippen LogP contribution in [0.5, 0.6) is 0 Å². The molecule has 1 heterocycles. The fourth-order valence-corrected chi connectivity index (χ4v) is 2.54. The number of nitrogens with zero attached hydrogens (tertiary/aromatic N) is 3. The Morgan fingerprint density at radius 1 is 1.27 bits per heavy atom. The Labute approximate surface area is 130 Å². The molecule has 1 aliphatic rings. The fourth-order valence-electron chi connectivity index (χ4n) is 2.54. The average Bonchev–Trinajstić information content (AvgIpc) is 2.76. The van der Waals surface area contributed by atoms with Gasteiger partial charge in [-0.15, -0.1) is 0 Å². The van der Waals surface area contributed by atoms with Crippen LogP contribution in [0.4, 0.5) is 11.4 Å². The standard InChI is InChI=1S/C16H23N3O3/c1-17(2)8-9-19-14-5-4-13(10-12(14)11-15(19)20)18(3)7-6-16(21)22/h4-5,10H,6-9,11H2,1-3H3,(H,21,22). The third-order valence-corrected chi connectivity index (χ3v) is 3.87. The van der Waals surface area contributed by atoms with Crippen LogP contribution in [0.2, 0.25) is 0 Å². The number of carbonyl (C=O) groups is 2. The Morgan fingerprint density at radius 2 is 2.00 bits per heavy atom. The average molecular weight is 305 g/mol. The summed E-state index contributed by atoms with van der Waals surface area (Å²) >= 11 is 0. The van der Waals surface area contributed by atoms with E-state index in [0.717, 1.165) is 23.5 Å². The molecule has 0 radical (unpaired) electrons. The first-order chi connectivity index (χ1) is 10.4. The van der Waals surface area contributed by atoms with Crippen LogP contribution in [-0.4, -0.2) is 62.7 Å². The zero-order valence-corrected chi connectivity index (χ0v) is 13.4. The maximum atomic E-state index is 12.2. The monoisotopic (exact) mass is 305 g/mol. The van der Waals surface area contributed by atoms with E-state index in [1.54, 1.807) is 0 Å². The van der Waals surface area contributed by atoms with Gasteiger partial charge < -0.3 is 19.8 Å². The van der Waals surface area contributed by atoms with E-state index < -0.39 is 5.97 Å². The van der Waals surface area contributed by atoms with E-state index >= 15 is 0 Å². The first-order valence-electron chi connectivity index (χ1n) is 7.39. The van der Waals surface area contributed by atoms with Crippen molar-refractivity contribution in [2.24, 2.45) is 0 Å². The molecule has 1 aromatic rings. The minimum atomic E-state index is -0.807. The Morgan fingerprint density at radius 3 is 2.64 bits per heavy atom. The van der Waals surface area contributed by atoms with Crippen LogP contribution in [-0.2, 0) is 16.0 Å². The predicted octanol–water partition coefficient (Wildman–Crippen LogP) is 1.05. The predicted molar refractivity (Wildman–Crippen MR) is 86.6 cm³/mol. The molecule has 1 aromatic carbocycles. The van der Waals surface area contributed by atoms with Gasteiger partial charge in [-0.2, -0.15) is 0 Å². The lowest BCUT2D eigenvalue weighted by Crippen LogP contribution is -2.33. The van der Waals surface area contributed by atoms with Crippen LogP contribution in [0.25, 0.3) is 0 Å². The molecule has 0 aliphatic carbocycles. The largest absolute Gasteiger partial charge is 0.481 e. The summed E-state index contributed by atoms with van der Waals surface area (Å²) in [5.74, 6) is -0.680. The number of hydrogen-bond acceptors (Lipinski definition) is 4. The van der Waals surface area contributed by atoms with Gasteiger partial charge in [-0.3, -0.25) is 9.59 Å². The van der Waals surface area contributed by atoms with Crippen LogP contribution in [0, 0.1) is 0 Å². The van der Waals surface area contributed by atoms with Gasteiger partial charge in [0, 0.05) is 38.1 Å². The third kappa shape index (κ3) is 3.76. The van der Waals surface area contributed by atoms with Crippen LogP contribution in [0.15, 0.2) is 18.2 Å². The Bertz CT molecular complexity index is 572. The summed E-state index contributed by atoms with van der Waals surface area (Å²) in [4.78, 5) is 28.6. The van der Waals surface area contributed by atoms with Gasteiger partial charge in [-0.25, -0.2) is 0 Å². The number of carboxylic acids is 1. The molecule has 2 rings (SSSR count). The minimum Gasteiger partial charge on any atom is -0.481 e. The highest BCUT2D eigenvalue weighted by atomic mass is 16.4. The van der Waals surface area contributed by atoms with Crippen molar-refractivity contribution < 1.29 is 14.7 Å². The molecule has 6 nitrogen and oxygen atoms in total. The summed E-state index contributed by atoms with van der Waals surface area (Å²) in [6.07, 6.45) is 0.519. The van der Waals surface area contributed by atoms with Crippen molar-refractivity contribution in [3.05, 3.63) is 23.8 Å². The van der Waals surface area contributed by atoms with Crippen molar-refractivity contribution in [2.45, 2.75) is 12.8 Å². The van der Waals surface area contributed by atoms with Crippen molar-refractivity contribution in [3.63, 3.8) is 0 Å². The van der Waals surface area contributed by atoms with E-state index in [1.807, 2.05) is 49.1 Å². The van der Waals surface area contributed by atoms with E-state index in [2.05, 4.69) is 4.90 Å². The molecule has 1 aliphatic heterocycles. The lowest BCUT2D eigenvalue weighted by Gasteiger charge is -2.22. The number of rotatable bonds is 7. The number of carboxylic acid groups (broad SMARTS) is 1. The van der Waals surface area contributed by atoms with E-state index in [1.165, 1.54) is 0 Å². The fraction of sp³-hybridized carbons (Fsp3) is 0.500. The topological polar surface area (TPSA) is 64.1 Å². The zero-order valence-electron chi connectivity index (χ0n) is 13.4. The van der Waals surface area contributed by atoms with Gasteiger partial charge >= 0.3 is 5.97 Å². The Hall–Kier alpha value is -2.08. The van der Waals surface area contributed by atoms with Crippen molar-refractivity contribution >= 4 is 23.3 Å². The number of hydrogen-bond donors (Lipinski definition) is 1. The summed E-state index contributed by atoms with van der Waals surface area (Å²) in [5, 5.41) is 8.76.